The standard InChI is InChI=1S/C38H48N2O7.C2H6/c1-3-4-5-6-10-23-46-32-20-16-30(17-21-32)38(44)47-34-22-13-28(25-35(34)45-2)24-33(37(42)43)40-36(41)29-14-18-31(19-15-29)39-26-27-11-8-7-9-12-27;1-2/h13-22,25,27,33,39H,3-12,23-24,26H2,1-2H3,(H,40,41)(H,42,43);1-2H3. The number of hydrogen-bond acceptors (Lipinski definition) is 7. The van der Waals surface area contributed by atoms with Crippen LogP contribution in [0.25, 0.3) is 0 Å². The summed E-state index contributed by atoms with van der Waals surface area (Å²) in [6.07, 6.45) is 12.2. The van der Waals surface area contributed by atoms with Crippen molar-refractivity contribution in [2.24, 2.45) is 5.92 Å². The monoisotopic (exact) mass is 674 g/mol. The molecule has 4 rings (SSSR count). The van der Waals surface area contributed by atoms with E-state index >= 15 is 0 Å². The molecule has 0 heterocycles. The molecule has 0 aromatic heterocycles. The van der Waals surface area contributed by atoms with E-state index in [1.807, 2.05) is 26.0 Å². The number of methoxy groups -OCH3 is 1. The van der Waals surface area contributed by atoms with Gasteiger partial charge in [0.25, 0.3) is 5.91 Å². The Hall–Kier alpha value is -4.53. The quantitative estimate of drug-likeness (QED) is 0.0696. The maximum Gasteiger partial charge on any atom is 0.343 e. The summed E-state index contributed by atoms with van der Waals surface area (Å²) >= 11 is 0. The number of amides is 1. The molecule has 0 saturated heterocycles. The number of aliphatic carboxylic acids is 1. The molecule has 9 heteroatoms. The normalized spacial score (nSPS) is 13.3. The Morgan fingerprint density at radius 3 is 2.16 bits per heavy atom. The van der Waals surface area contributed by atoms with Gasteiger partial charge in [-0.3, -0.25) is 4.79 Å². The first kappa shape index (κ1) is 38.9. The molecule has 0 bridgehead atoms. The van der Waals surface area contributed by atoms with Crippen molar-refractivity contribution in [2.75, 3.05) is 25.6 Å². The van der Waals surface area contributed by atoms with Crippen LogP contribution in [0.3, 0.4) is 0 Å². The highest BCUT2D eigenvalue weighted by atomic mass is 16.6. The number of esters is 1. The Kier molecular flexibility index (Phi) is 17.0. The van der Waals surface area contributed by atoms with Gasteiger partial charge in [0.1, 0.15) is 11.8 Å². The molecule has 0 aliphatic heterocycles. The fraction of sp³-hybridized carbons (Fsp3) is 0.475. The topological polar surface area (TPSA) is 123 Å². The van der Waals surface area contributed by atoms with Gasteiger partial charge in [-0.1, -0.05) is 71.8 Å². The Labute approximate surface area is 291 Å². The Bertz CT molecular complexity index is 1430. The Morgan fingerprint density at radius 2 is 1.51 bits per heavy atom. The van der Waals surface area contributed by atoms with Crippen LogP contribution in [-0.4, -0.2) is 49.3 Å². The smallest absolute Gasteiger partial charge is 0.343 e. The first-order chi connectivity index (χ1) is 23.9. The van der Waals surface area contributed by atoms with Crippen LogP contribution in [0.5, 0.6) is 17.2 Å². The Morgan fingerprint density at radius 1 is 0.837 bits per heavy atom. The summed E-state index contributed by atoms with van der Waals surface area (Å²) < 4.78 is 16.8. The highest BCUT2D eigenvalue weighted by Gasteiger charge is 2.23. The molecule has 1 aliphatic rings. The van der Waals surface area contributed by atoms with Crippen LogP contribution >= 0.6 is 0 Å². The van der Waals surface area contributed by atoms with Crippen LogP contribution < -0.4 is 24.8 Å². The van der Waals surface area contributed by atoms with E-state index < -0.39 is 23.9 Å². The van der Waals surface area contributed by atoms with E-state index in [4.69, 9.17) is 14.2 Å². The maximum absolute atomic E-state index is 12.9. The van der Waals surface area contributed by atoms with Crippen LogP contribution in [0.2, 0.25) is 0 Å². The van der Waals surface area contributed by atoms with E-state index in [2.05, 4.69) is 17.6 Å². The van der Waals surface area contributed by atoms with Crippen LogP contribution in [0.4, 0.5) is 5.69 Å². The van der Waals surface area contributed by atoms with Gasteiger partial charge in [-0.25, -0.2) is 9.59 Å². The molecule has 0 radical (unpaired) electrons. The van der Waals surface area contributed by atoms with Crippen molar-refractivity contribution in [3.63, 3.8) is 0 Å². The second kappa shape index (κ2) is 21.4. The molecule has 1 amide bonds. The third kappa shape index (κ3) is 13.1. The lowest BCUT2D eigenvalue weighted by atomic mass is 9.89. The molecular formula is C40H54N2O7. The SMILES string of the molecule is CC.CCCCCCCOc1ccc(C(=O)Oc2ccc(CC(NC(=O)c3ccc(NCC4CCCCC4)cc3)C(=O)O)cc2OC)cc1. The predicted octanol–water partition coefficient (Wildman–Crippen LogP) is 8.71. The largest absolute Gasteiger partial charge is 0.494 e. The second-order valence-electron chi connectivity index (χ2n) is 12.2. The number of nitrogens with one attached hydrogen (secondary N) is 2. The Balaban J connectivity index is 0.00000319. The zero-order valence-corrected chi connectivity index (χ0v) is 29.6. The minimum Gasteiger partial charge on any atom is -0.494 e. The molecule has 3 aromatic carbocycles. The zero-order chi connectivity index (χ0) is 35.4. The van der Waals surface area contributed by atoms with E-state index in [0.717, 1.165) is 25.1 Å². The highest BCUT2D eigenvalue weighted by Crippen LogP contribution is 2.30. The number of carbonyl (C=O) groups is 3. The molecule has 3 N–H and O–H groups in total. The number of rotatable bonds is 18. The van der Waals surface area contributed by atoms with Crippen LogP contribution in [0, 0.1) is 5.92 Å². The summed E-state index contributed by atoms with van der Waals surface area (Å²) in [6.45, 7) is 7.73. The molecule has 266 valence electrons. The molecule has 1 fully saturated rings. The van der Waals surface area contributed by atoms with E-state index in [1.54, 1.807) is 54.6 Å². The third-order valence-corrected chi connectivity index (χ3v) is 8.55. The molecule has 1 atom stereocenters. The third-order valence-electron chi connectivity index (χ3n) is 8.55. The van der Waals surface area contributed by atoms with Gasteiger partial charge >= 0.3 is 11.9 Å². The lowest BCUT2D eigenvalue weighted by molar-refractivity contribution is -0.139. The summed E-state index contributed by atoms with van der Waals surface area (Å²) in [4.78, 5) is 37.9. The van der Waals surface area contributed by atoms with E-state index in [1.165, 1.54) is 58.5 Å². The van der Waals surface area contributed by atoms with Gasteiger partial charge in [-0.2, -0.15) is 0 Å². The first-order valence-corrected chi connectivity index (χ1v) is 17.9. The molecular weight excluding hydrogens is 620 g/mol. The number of carbonyl (C=O) groups excluding carboxylic acids is 2. The fourth-order valence-electron chi connectivity index (χ4n) is 5.74. The van der Waals surface area contributed by atoms with Crippen molar-refractivity contribution < 1.29 is 33.7 Å². The predicted molar refractivity (Wildman–Crippen MR) is 194 cm³/mol. The minimum absolute atomic E-state index is 0.00670. The summed E-state index contributed by atoms with van der Waals surface area (Å²) in [5.41, 5.74) is 2.26. The second-order valence-corrected chi connectivity index (χ2v) is 12.2. The number of ether oxygens (including phenoxy) is 3. The minimum atomic E-state index is -1.18. The number of carboxylic acid groups (broad SMARTS) is 1. The van der Waals surface area contributed by atoms with Gasteiger partial charge < -0.3 is 30.0 Å². The summed E-state index contributed by atoms with van der Waals surface area (Å²) in [5, 5.41) is 15.9. The maximum atomic E-state index is 12.9. The van der Waals surface area contributed by atoms with Crippen molar-refractivity contribution in [3.05, 3.63) is 83.4 Å². The summed E-state index contributed by atoms with van der Waals surface area (Å²) in [7, 11) is 1.44. The lowest BCUT2D eigenvalue weighted by Gasteiger charge is -2.22. The van der Waals surface area contributed by atoms with Crippen molar-refractivity contribution >= 4 is 23.5 Å². The van der Waals surface area contributed by atoms with E-state index in [0.29, 0.717) is 35.0 Å². The van der Waals surface area contributed by atoms with Gasteiger partial charge in [0, 0.05) is 24.2 Å². The van der Waals surface area contributed by atoms with Crippen molar-refractivity contribution in [3.8, 4) is 17.2 Å². The van der Waals surface area contributed by atoms with Gasteiger partial charge in [0.2, 0.25) is 0 Å². The van der Waals surface area contributed by atoms with Crippen LogP contribution in [0.15, 0.2) is 66.7 Å². The van der Waals surface area contributed by atoms with Crippen molar-refractivity contribution in [1.82, 2.24) is 5.32 Å². The average molecular weight is 675 g/mol. The molecule has 1 saturated carbocycles. The van der Waals surface area contributed by atoms with Gasteiger partial charge in [-0.05, 0) is 91.4 Å². The fourth-order valence-corrected chi connectivity index (χ4v) is 5.74. The molecule has 9 nitrogen and oxygen atoms in total. The number of carboxylic acids is 1. The van der Waals surface area contributed by atoms with Crippen molar-refractivity contribution in [2.45, 2.75) is 97.4 Å². The summed E-state index contributed by atoms with van der Waals surface area (Å²) in [5.74, 6) is -0.367. The van der Waals surface area contributed by atoms with Crippen LogP contribution in [-0.2, 0) is 11.2 Å². The zero-order valence-electron chi connectivity index (χ0n) is 29.6. The molecule has 1 aliphatic carbocycles. The molecule has 49 heavy (non-hydrogen) atoms. The molecule has 0 spiro atoms. The molecule has 3 aromatic rings. The van der Waals surface area contributed by atoms with E-state index in [-0.39, 0.29) is 17.9 Å². The van der Waals surface area contributed by atoms with E-state index in [9.17, 15) is 19.5 Å². The lowest BCUT2D eigenvalue weighted by Crippen LogP contribution is -2.42. The number of unbranched alkanes of at least 4 members (excludes halogenated alkanes) is 4. The van der Waals surface area contributed by atoms with Crippen LogP contribution in [0.1, 0.15) is 111 Å². The van der Waals surface area contributed by atoms with Gasteiger partial charge in [0.15, 0.2) is 11.5 Å². The van der Waals surface area contributed by atoms with Gasteiger partial charge in [0.05, 0.1) is 19.3 Å². The number of anilines is 1. The first-order valence-electron chi connectivity index (χ1n) is 17.9. The average Bonchev–Trinajstić information content (AvgIpc) is 3.14. The molecule has 1 unspecified atom stereocenters. The highest BCUT2D eigenvalue weighted by molar-refractivity contribution is 5.97. The number of hydrogen-bond donors (Lipinski definition) is 3. The summed E-state index contributed by atoms with van der Waals surface area (Å²) in [6, 6.07) is 17.5. The number of benzene rings is 3. The van der Waals surface area contributed by atoms with Gasteiger partial charge in [-0.15, -0.1) is 0 Å². The van der Waals surface area contributed by atoms with Crippen molar-refractivity contribution in [1.29, 1.82) is 0 Å².